The summed E-state index contributed by atoms with van der Waals surface area (Å²) in [7, 11) is 0. The molecule has 0 saturated heterocycles. The maximum Gasteiger partial charge on any atom is 0.375 e. The van der Waals surface area contributed by atoms with Crippen molar-refractivity contribution in [3.63, 3.8) is 0 Å². The summed E-state index contributed by atoms with van der Waals surface area (Å²) >= 11 is 5.75. The second-order valence-electron chi connectivity index (χ2n) is 5.30. The van der Waals surface area contributed by atoms with Crippen LogP contribution in [0.1, 0.15) is 37.2 Å². The minimum absolute atomic E-state index is 0.0604. The molecule has 0 aliphatic heterocycles. The van der Waals surface area contributed by atoms with Crippen LogP contribution in [0.5, 0.6) is 0 Å². The molecule has 2 rings (SSSR count). The van der Waals surface area contributed by atoms with Crippen LogP contribution in [0.3, 0.4) is 0 Å². The van der Waals surface area contributed by atoms with Crippen LogP contribution in [0, 0.1) is 5.82 Å². The fourth-order valence-corrected chi connectivity index (χ4v) is 1.88. The van der Waals surface area contributed by atoms with E-state index in [1.165, 1.54) is 16.8 Å². The van der Waals surface area contributed by atoms with Crippen LogP contribution < -0.4 is 0 Å². The molecule has 0 saturated carbocycles. The van der Waals surface area contributed by atoms with Gasteiger partial charge in [0.05, 0.1) is 5.02 Å². The van der Waals surface area contributed by atoms with E-state index in [2.05, 4.69) is 10.1 Å². The first-order chi connectivity index (χ1) is 9.21. The number of aromatic nitrogens is 3. The minimum atomic E-state index is -1.27. The Morgan fingerprint density at radius 1 is 1.40 bits per heavy atom. The summed E-state index contributed by atoms with van der Waals surface area (Å²) in [6, 6.07) is 4.44. The van der Waals surface area contributed by atoms with E-state index in [9.17, 15) is 9.18 Å². The summed E-state index contributed by atoms with van der Waals surface area (Å²) < 4.78 is 15.3. The van der Waals surface area contributed by atoms with Crippen molar-refractivity contribution in [1.82, 2.24) is 14.8 Å². The van der Waals surface area contributed by atoms with Gasteiger partial charge in [-0.05, 0) is 12.1 Å². The zero-order chi connectivity index (χ0) is 15.1. The lowest BCUT2D eigenvalue weighted by Crippen LogP contribution is -2.19. The summed E-state index contributed by atoms with van der Waals surface area (Å²) in [6.07, 6.45) is 0. The number of carbonyl (C=O) groups is 1. The minimum Gasteiger partial charge on any atom is -0.475 e. The van der Waals surface area contributed by atoms with E-state index in [1.54, 1.807) is 6.07 Å². The number of carboxylic acid groups (broad SMARTS) is 1. The highest BCUT2D eigenvalue weighted by Crippen LogP contribution is 2.27. The molecule has 0 aliphatic carbocycles. The molecule has 0 amide bonds. The van der Waals surface area contributed by atoms with Gasteiger partial charge < -0.3 is 5.11 Å². The van der Waals surface area contributed by atoms with E-state index >= 15 is 0 Å². The van der Waals surface area contributed by atoms with E-state index in [-0.39, 0.29) is 16.5 Å². The van der Waals surface area contributed by atoms with Gasteiger partial charge in [-0.2, -0.15) is 0 Å². The Bertz CT molecular complexity index is 677. The molecule has 1 aromatic carbocycles. The molecule has 1 aromatic heterocycles. The molecule has 20 heavy (non-hydrogen) atoms. The van der Waals surface area contributed by atoms with Crippen molar-refractivity contribution in [1.29, 1.82) is 0 Å². The number of carboxylic acids is 1. The maximum absolute atomic E-state index is 14.1. The molecular weight excluding hydrogens is 285 g/mol. The normalized spacial score (nSPS) is 11.7. The second-order valence-corrected chi connectivity index (χ2v) is 5.71. The lowest BCUT2D eigenvalue weighted by atomic mass is 9.95. The highest BCUT2D eigenvalue weighted by atomic mass is 35.5. The molecular formula is C13H13ClFN3O2. The summed E-state index contributed by atoms with van der Waals surface area (Å²) in [6.45, 7) is 5.50. The van der Waals surface area contributed by atoms with Gasteiger partial charge in [-0.3, -0.25) is 0 Å². The molecule has 0 radical (unpaired) electrons. The highest BCUT2D eigenvalue weighted by molar-refractivity contribution is 6.30. The number of benzene rings is 1. The highest BCUT2D eigenvalue weighted by Gasteiger charge is 2.27. The first-order valence-electron chi connectivity index (χ1n) is 5.87. The van der Waals surface area contributed by atoms with Crippen LogP contribution in [0.4, 0.5) is 4.39 Å². The molecule has 2 aromatic rings. The third kappa shape index (κ3) is 2.51. The Labute approximate surface area is 120 Å². The van der Waals surface area contributed by atoms with Crippen molar-refractivity contribution in [2.75, 3.05) is 0 Å². The molecule has 0 bridgehead atoms. The third-order valence-corrected chi connectivity index (χ3v) is 2.92. The summed E-state index contributed by atoms with van der Waals surface area (Å²) in [5.74, 6) is -1.97. The maximum atomic E-state index is 14.1. The largest absolute Gasteiger partial charge is 0.475 e. The standard InChI is InChI=1S/C13H13ClFN3O2/c1-13(2,3)12-16-10(11(19)20)17-18(12)8-6-4-5-7(14)9(8)15/h4-6H,1-3H3,(H,19,20). The molecule has 1 heterocycles. The van der Waals surface area contributed by atoms with E-state index in [0.29, 0.717) is 5.82 Å². The van der Waals surface area contributed by atoms with E-state index < -0.39 is 17.2 Å². The van der Waals surface area contributed by atoms with Gasteiger partial charge in [-0.15, -0.1) is 5.10 Å². The van der Waals surface area contributed by atoms with Gasteiger partial charge in [0.15, 0.2) is 5.82 Å². The van der Waals surface area contributed by atoms with Gasteiger partial charge in [0.1, 0.15) is 11.5 Å². The van der Waals surface area contributed by atoms with Gasteiger partial charge in [0, 0.05) is 5.41 Å². The number of hydrogen-bond acceptors (Lipinski definition) is 3. The molecule has 0 atom stereocenters. The summed E-state index contributed by atoms with van der Waals surface area (Å²) in [5.41, 5.74) is -0.433. The average molecular weight is 298 g/mol. The number of nitrogens with zero attached hydrogens (tertiary/aromatic N) is 3. The van der Waals surface area contributed by atoms with Gasteiger partial charge in [-0.25, -0.2) is 18.9 Å². The Balaban J connectivity index is 2.72. The van der Waals surface area contributed by atoms with Crippen molar-refractivity contribution >= 4 is 17.6 Å². The number of halogens is 2. The zero-order valence-corrected chi connectivity index (χ0v) is 11.9. The molecule has 0 aliphatic rings. The van der Waals surface area contributed by atoms with Crippen molar-refractivity contribution in [2.24, 2.45) is 0 Å². The molecule has 1 N–H and O–H groups in total. The second kappa shape index (κ2) is 4.86. The summed E-state index contributed by atoms with van der Waals surface area (Å²) in [4.78, 5) is 15.0. The zero-order valence-electron chi connectivity index (χ0n) is 11.2. The average Bonchev–Trinajstić information content (AvgIpc) is 2.77. The Kier molecular flexibility index (Phi) is 3.52. The Morgan fingerprint density at radius 3 is 2.60 bits per heavy atom. The topological polar surface area (TPSA) is 68.0 Å². The number of hydrogen-bond donors (Lipinski definition) is 1. The van der Waals surface area contributed by atoms with Crippen molar-refractivity contribution in [3.8, 4) is 5.69 Å². The van der Waals surface area contributed by atoms with Crippen LogP contribution in [-0.4, -0.2) is 25.8 Å². The van der Waals surface area contributed by atoms with Crippen LogP contribution in [0.25, 0.3) is 5.69 Å². The first-order valence-corrected chi connectivity index (χ1v) is 6.25. The molecule has 106 valence electrons. The molecule has 7 heteroatoms. The van der Waals surface area contributed by atoms with Crippen LogP contribution >= 0.6 is 11.6 Å². The van der Waals surface area contributed by atoms with E-state index in [4.69, 9.17) is 16.7 Å². The number of rotatable bonds is 2. The lowest BCUT2D eigenvalue weighted by molar-refractivity contribution is 0.0683. The van der Waals surface area contributed by atoms with Gasteiger partial charge in [0.2, 0.25) is 0 Å². The summed E-state index contributed by atoms with van der Waals surface area (Å²) in [5, 5.41) is 12.8. The molecule has 0 fully saturated rings. The van der Waals surface area contributed by atoms with E-state index in [0.717, 1.165) is 0 Å². The molecule has 0 spiro atoms. The quantitative estimate of drug-likeness (QED) is 0.925. The van der Waals surface area contributed by atoms with Gasteiger partial charge in [0.25, 0.3) is 5.82 Å². The van der Waals surface area contributed by atoms with Crippen LogP contribution in [0.15, 0.2) is 18.2 Å². The monoisotopic (exact) mass is 297 g/mol. The van der Waals surface area contributed by atoms with Crippen molar-refractivity contribution in [3.05, 3.63) is 40.7 Å². The predicted molar refractivity (Wildman–Crippen MR) is 72.0 cm³/mol. The predicted octanol–water partition coefficient (Wildman–Crippen LogP) is 3.06. The fourth-order valence-electron chi connectivity index (χ4n) is 1.71. The van der Waals surface area contributed by atoms with Crippen LogP contribution in [0.2, 0.25) is 5.02 Å². The SMILES string of the molecule is CC(C)(C)c1nc(C(=O)O)nn1-c1cccc(Cl)c1F. The fraction of sp³-hybridized carbons (Fsp3) is 0.308. The first kappa shape index (κ1) is 14.5. The van der Waals surface area contributed by atoms with Crippen molar-refractivity contribution in [2.45, 2.75) is 26.2 Å². The molecule has 5 nitrogen and oxygen atoms in total. The smallest absolute Gasteiger partial charge is 0.375 e. The Morgan fingerprint density at radius 2 is 2.05 bits per heavy atom. The van der Waals surface area contributed by atoms with Gasteiger partial charge >= 0.3 is 5.97 Å². The number of aromatic carboxylic acids is 1. The van der Waals surface area contributed by atoms with Crippen LogP contribution in [-0.2, 0) is 5.41 Å². The Hall–Kier alpha value is -1.95. The van der Waals surface area contributed by atoms with Crippen molar-refractivity contribution < 1.29 is 14.3 Å². The lowest BCUT2D eigenvalue weighted by Gasteiger charge is -2.18. The van der Waals surface area contributed by atoms with Gasteiger partial charge in [-0.1, -0.05) is 38.4 Å². The van der Waals surface area contributed by atoms with E-state index in [1.807, 2.05) is 20.8 Å². The molecule has 0 unspecified atom stereocenters. The third-order valence-electron chi connectivity index (χ3n) is 2.63.